The number of benzene rings is 1. The molecule has 0 radical (unpaired) electrons. The molecule has 0 saturated carbocycles. The quantitative estimate of drug-likeness (QED) is 0.872. The Bertz CT molecular complexity index is 635. The average molecular weight is 329 g/mol. The van der Waals surface area contributed by atoms with Crippen LogP contribution in [0, 0.1) is 18.7 Å². The third-order valence-electron chi connectivity index (χ3n) is 3.11. The minimum absolute atomic E-state index is 0. The minimum Gasteiger partial charge on any atom is -0.341 e. The lowest BCUT2D eigenvalue weighted by Crippen LogP contribution is -2.37. The molecule has 1 amide bonds. The summed E-state index contributed by atoms with van der Waals surface area (Å²) in [5, 5.41) is 6.48. The summed E-state index contributed by atoms with van der Waals surface area (Å²) in [6.07, 6.45) is 0. The molecule has 22 heavy (non-hydrogen) atoms. The Balaban J connectivity index is 0.00000242. The van der Waals surface area contributed by atoms with Gasteiger partial charge in [-0.2, -0.15) is 4.98 Å². The largest absolute Gasteiger partial charge is 0.341 e. The topological polar surface area (TPSA) is 94.0 Å². The van der Waals surface area contributed by atoms with E-state index in [1.165, 1.54) is 6.07 Å². The van der Waals surface area contributed by atoms with Crippen LogP contribution in [0.3, 0.4) is 0 Å². The zero-order chi connectivity index (χ0) is 15.4. The normalized spacial score (nSPS) is 13.1. The van der Waals surface area contributed by atoms with Crippen molar-refractivity contribution in [3.63, 3.8) is 0 Å². The number of aromatic nitrogens is 2. The molecule has 0 bridgehead atoms. The van der Waals surface area contributed by atoms with Crippen LogP contribution in [0.1, 0.15) is 30.2 Å². The molecule has 2 rings (SSSR count). The predicted octanol–water partition coefficient (Wildman–Crippen LogP) is 1.74. The number of hydrogen-bond donors (Lipinski definition) is 2. The Kier molecular flexibility index (Phi) is 6.45. The molecule has 2 aromatic rings. The van der Waals surface area contributed by atoms with E-state index in [0.717, 1.165) is 0 Å². The van der Waals surface area contributed by atoms with E-state index in [-0.39, 0.29) is 36.2 Å². The highest BCUT2D eigenvalue weighted by Crippen LogP contribution is 2.22. The number of hydrogen-bond acceptors (Lipinski definition) is 5. The van der Waals surface area contributed by atoms with Gasteiger partial charge < -0.3 is 15.6 Å². The van der Waals surface area contributed by atoms with Gasteiger partial charge in [0.15, 0.2) is 5.82 Å². The first-order valence-electron chi connectivity index (χ1n) is 6.58. The van der Waals surface area contributed by atoms with Gasteiger partial charge in [-0.1, -0.05) is 30.3 Å². The first-order chi connectivity index (χ1) is 10.0. The van der Waals surface area contributed by atoms with E-state index in [4.69, 9.17) is 10.3 Å². The third-order valence-corrected chi connectivity index (χ3v) is 3.11. The van der Waals surface area contributed by atoms with Crippen LogP contribution >= 0.6 is 12.4 Å². The number of nitrogens with zero attached hydrogens (tertiary/aromatic N) is 2. The van der Waals surface area contributed by atoms with E-state index in [9.17, 15) is 9.18 Å². The van der Waals surface area contributed by atoms with Crippen LogP contribution in [-0.2, 0) is 4.79 Å². The molecule has 1 aromatic heterocycles. The van der Waals surface area contributed by atoms with E-state index < -0.39 is 17.8 Å². The molecule has 0 fully saturated rings. The van der Waals surface area contributed by atoms with E-state index in [1.807, 2.05) is 0 Å². The maximum Gasteiger partial charge on any atom is 0.224 e. The van der Waals surface area contributed by atoms with Crippen LogP contribution in [-0.4, -0.2) is 22.6 Å². The Morgan fingerprint density at radius 3 is 2.68 bits per heavy atom. The van der Waals surface area contributed by atoms with Crippen molar-refractivity contribution in [2.75, 3.05) is 6.54 Å². The fraction of sp³-hybridized carbons (Fsp3) is 0.357. The molecule has 8 heteroatoms. The highest BCUT2D eigenvalue weighted by Gasteiger charge is 2.26. The summed E-state index contributed by atoms with van der Waals surface area (Å²) in [6.45, 7) is 3.51. The van der Waals surface area contributed by atoms with Crippen LogP contribution in [0.5, 0.6) is 0 Å². The number of amides is 1. The molecule has 1 aromatic carbocycles. The lowest BCUT2D eigenvalue weighted by atomic mass is 10.0. The summed E-state index contributed by atoms with van der Waals surface area (Å²) < 4.78 is 18.9. The number of carbonyl (C=O) groups excluding carboxylic acids is 1. The summed E-state index contributed by atoms with van der Waals surface area (Å²) in [6, 6.07) is 5.32. The van der Waals surface area contributed by atoms with Crippen LogP contribution in [0.25, 0.3) is 0 Å². The van der Waals surface area contributed by atoms with Crippen molar-refractivity contribution in [2.45, 2.75) is 19.9 Å². The van der Waals surface area contributed by atoms with Crippen molar-refractivity contribution in [2.24, 2.45) is 11.7 Å². The van der Waals surface area contributed by atoms with Gasteiger partial charge in [0.05, 0.1) is 0 Å². The summed E-state index contributed by atoms with van der Waals surface area (Å²) in [5.74, 6) is -0.603. The second-order valence-corrected chi connectivity index (χ2v) is 4.77. The number of nitrogens with one attached hydrogen (secondary N) is 1. The van der Waals surface area contributed by atoms with Gasteiger partial charge in [0.1, 0.15) is 11.9 Å². The standard InChI is InChI=1S/C14H17FN4O2.ClH/c1-8(7-16)14(20)18-12(13-17-9(2)21-19-13)10-5-3-4-6-11(10)15;/h3-6,8,12H,7,16H2,1-2H3,(H,18,20);1H. The van der Waals surface area contributed by atoms with Crippen molar-refractivity contribution in [3.8, 4) is 0 Å². The van der Waals surface area contributed by atoms with Gasteiger partial charge in [-0.05, 0) is 6.07 Å². The molecule has 2 unspecified atom stereocenters. The van der Waals surface area contributed by atoms with Gasteiger partial charge in [-0.15, -0.1) is 12.4 Å². The van der Waals surface area contributed by atoms with Gasteiger partial charge in [-0.25, -0.2) is 4.39 Å². The Labute approximate surface area is 133 Å². The Hall–Kier alpha value is -1.99. The lowest BCUT2D eigenvalue weighted by molar-refractivity contribution is -0.124. The monoisotopic (exact) mass is 328 g/mol. The van der Waals surface area contributed by atoms with Crippen molar-refractivity contribution >= 4 is 18.3 Å². The zero-order valence-electron chi connectivity index (χ0n) is 12.2. The van der Waals surface area contributed by atoms with Gasteiger partial charge in [0, 0.05) is 24.9 Å². The first-order valence-corrected chi connectivity index (χ1v) is 6.58. The summed E-state index contributed by atoms with van der Waals surface area (Å²) in [5.41, 5.74) is 5.75. The SMILES string of the molecule is Cc1nc(C(NC(=O)C(C)CN)c2ccccc2F)no1.Cl. The number of nitrogens with two attached hydrogens (primary N) is 1. The maximum absolute atomic E-state index is 14.0. The van der Waals surface area contributed by atoms with E-state index in [1.54, 1.807) is 32.0 Å². The zero-order valence-corrected chi connectivity index (χ0v) is 13.1. The van der Waals surface area contributed by atoms with E-state index in [2.05, 4.69) is 15.5 Å². The highest BCUT2D eigenvalue weighted by molar-refractivity contribution is 5.85. The van der Waals surface area contributed by atoms with Gasteiger partial charge in [0.2, 0.25) is 11.8 Å². The summed E-state index contributed by atoms with van der Waals surface area (Å²) in [7, 11) is 0. The molecule has 120 valence electrons. The molecular formula is C14H18ClFN4O2. The Morgan fingerprint density at radius 2 is 2.14 bits per heavy atom. The van der Waals surface area contributed by atoms with Gasteiger partial charge in [-0.3, -0.25) is 4.79 Å². The average Bonchev–Trinajstić information content (AvgIpc) is 2.91. The number of aryl methyl sites for hydroxylation is 1. The van der Waals surface area contributed by atoms with Crippen molar-refractivity contribution < 1.29 is 13.7 Å². The molecule has 2 atom stereocenters. The molecule has 0 saturated heterocycles. The first kappa shape index (κ1) is 18.1. The summed E-state index contributed by atoms with van der Waals surface area (Å²) >= 11 is 0. The highest BCUT2D eigenvalue weighted by atomic mass is 35.5. The summed E-state index contributed by atoms with van der Waals surface area (Å²) in [4.78, 5) is 16.1. The number of carbonyl (C=O) groups is 1. The molecule has 0 spiro atoms. The predicted molar refractivity (Wildman–Crippen MR) is 80.9 cm³/mol. The molecule has 0 aliphatic heterocycles. The smallest absolute Gasteiger partial charge is 0.224 e. The number of rotatable bonds is 5. The molecule has 0 aliphatic carbocycles. The molecular weight excluding hydrogens is 311 g/mol. The van der Waals surface area contributed by atoms with Gasteiger partial charge in [0.25, 0.3) is 0 Å². The van der Waals surface area contributed by atoms with E-state index >= 15 is 0 Å². The second kappa shape index (κ2) is 7.86. The van der Waals surface area contributed by atoms with Crippen molar-refractivity contribution in [3.05, 3.63) is 47.4 Å². The fourth-order valence-electron chi connectivity index (χ4n) is 1.81. The van der Waals surface area contributed by atoms with Crippen LogP contribution in [0.2, 0.25) is 0 Å². The van der Waals surface area contributed by atoms with Crippen LogP contribution in [0.15, 0.2) is 28.8 Å². The molecule has 6 nitrogen and oxygen atoms in total. The second-order valence-electron chi connectivity index (χ2n) is 4.77. The lowest BCUT2D eigenvalue weighted by Gasteiger charge is -2.18. The molecule has 1 heterocycles. The molecule has 3 N–H and O–H groups in total. The van der Waals surface area contributed by atoms with Crippen molar-refractivity contribution in [1.29, 1.82) is 0 Å². The number of halogens is 2. The Morgan fingerprint density at radius 1 is 1.45 bits per heavy atom. The third kappa shape index (κ3) is 4.02. The van der Waals surface area contributed by atoms with Crippen LogP contribution in [0.4, 0.5) is 4.39 Å². The fourth-order valence-corrected chi connectivity index (χ4v) is 1.81. The maximum atomic E-state index is 14.0. The van der Waals surface area contributed by atoms with E-state index in [0.29, 0.717) is 5.89 Å². The van der Waals surface area contributed by atoms with Crippen molar-refractivity contribution in [1.82, 2.24) is 15.5 Å². The van der Waals surface area contributed by atoms with Crippen LogP contribution < -0.4 is 11.1 Å². The minimum atomic E-state index is -0.815. The van der Waals surface area contributed by atoms with Gasteiger partial charge >= 0.3 is 0 Å². The molecule has 0 aliphatic rings.